The first-order valence-electron chi connectivity index (χ1n) is 5.52. The highest BCUT2D eigenvalue weighted by Gasteiger charge is 2.32. The van der Waals surface area contributed by atoms with Gasteiger partial charge in [0.15, 0.2) is 0 Å². The molecular weight excluding hydrogens is 240 g/mol. The number of halogens is 1. The second-order valence-electron chi connectivity index (χ2n) is 4.45. The van der Waals surface area contributed by atoms with Gasteiger partial charge in [-0.3, -0.25) is 4.68 Å². The molecule has 2 aliphatic carbocycles. The van der Waals surface area contributed by atoms with Crippen LogP contribution in [-0.4, -0.2) is 15.1 Å². The van der Waals surface area contributed by atoms with Crippen molar-refractivity contribution in [3.8, 4) is 0 Å². The lowest BCUT2D eigenvalue weighted by Crippen LogP contribution is -2.05. The van der Waals surface area contributed by atoms with Gasteiger partial charge in [0, 0.05) is 22.9 Å². The van der Waals surface area contributed by atoms with Gasteiger partial charge in [-0.25, -0.2) is 0 Å². The van der Waals surface area contributed by atoms with E-state index in [1.807, 2.05) is 0 Å². The van der Waals surface area contributed by atoms with Crippen LogP contribution in [0.5, 0.6) is 0 Å². The highest BCUT2D eigenvalue weighted by atomic mass is 79.9. The van der Waals surface area contributed by atoms with Crippen molar-refractivity contribution >= 4 is 15.9 Å². The summed E-state index contributed by atoms with van der Waals surface area (Å²) in [4.78, 5) is 0. The molecule has 2 aliphatic rings. The molecule has 0 atom stereocenters. The number of rotatable bonds is 4. The topological polar surface area (TPSA) is 17.8 Å². The fraction of sp³-hybridized carbons (Fsp3) is 0.727. The first-order valence-corrected chi connectivity index (χ1v) is 6.64. The van der Waals surface area contributed by atoms with E-state index >= 15 is 0 Å². The number of nitrogens with zero attached hydrogens (tertiary/aromatic N) is 2. The highest BCUT2D eigenvalue weighted by Crippen LogP contribution is 2.44. The lowest BCUT2D eigenvalue weighted by molar-refractivity contribution is 0.622. The van der Waals surface area contributed by atoms with Crippen LogP contribution in [0, 0.1) is 0 Å². The molecule has 2 fully saturated rings. The molecule has 3 rings (SSSR count). The van der Waals surface area contributed by atoms with E-state index in [-0.39, 0.29) is 0 Å². The van der Waals surface area contributed by atoms with Gasteiger partial charge in [0.05, 0.1) is 12.2 Å². The summed E-state index contributed by atoms with van der Waals surface area (Å²) < 4.78 is 2.22. The van der Waals surface area contributed by atoms with Gasteiger partial charge in [-0.1, -0.05) is 15.9 Å². The van der Waals surface area contributed by atoms with Crippen LogP contribution in [0.3, 0.4) is 0 Å². The molecule has 3 heteroatoms. The fourth-order valence-electron chi connectivity index (χ4n) is 2.00. The second-order valence-corrected chi connectivity index (χ2v) is 5.25. The second kappa shape index (κ2) is 3.37. The number of hydrogen-bond acceptors (Lipinski definition) is 1. The summed E-state index contributed by atoms with van der Waals surface area (Å²) in [5, 5.41) is 5.72. The molecule has 14 heavy (non-hydrogen) atoms. The van der Waals surface area contributed by atoms with Crippen molar-refractivity contribution in [1.29, 1.82) is 0 Å². The van der Waals surface area contributed by atoms with E-state index in [1.165, 1.54) is 37.1 Å². The van der Waals surface area contributed by atoms with Crippen molar-refractivity contribution in [2.24, 2.45) is 0 Å². The number of aryl methyl sites for hydroxylation is 1. The molecule has 1 heterocycles. The minimum absolute atomic E-state index is 0.795. The molecule has 2 saturated carbocycles. The molecular formula is C11H15BrN2. The van der Waals surface area contributed by atoms with E-state index < -0.39 is 0 Å². The van der Waals surface area contributed by atoms with Crippen LogP contribution in [0.4, 0.5) is 0 Å². The summed E-state index contributed by atoms with van der Waals surface area (Å²) in [5.74, 6) is 1.62. The van der Waals surface area contributed by atoms with Gasteiger partial charge in [-0.2, -0.15) is 5.10 Å². The quantitative estimate of drug-likeness (QED) is 0.756. The minimum atomic E-state index is 0.795. The molecule has 2 nitrogen and oxygen atoms in total. The Labute approximate surface area is 92.8 Å². The first kappa shape index (κ1) is 8.96. The Morgan fingerprint density at radius 3 is 2.57 bits per heavy atom. The van der Waals surface area contributed by atoms with Gasteiger partial charge in [0.1, 0.15) is 0 Å². The molecule has 0 aliphatic heterocycles. The van der Waals surface area contributed by atoms with Crippen molar-refractivity contribution in [1.82, 2.24) is 9.78 Å². The molecule has 0 radical (unpaired) electrons. The van der Waals surface area contributed by atoms with Crippen LogP contribution in [0.2, 0.25) is 0 Å². The molecule has 76 valence electrons. The molecule has 0 bridgehead atoms. The summed E-state index contributed by atoms with van der Waals surface area (Å²) in [6, 6.07) is 2.36. The van der Waals surface area contributed by atoms with Crippen molar-refractivity contribution < 1.29 is 0 Å². The van der Waals surface area contributed by atoms with Gasteiger partial charge in [0.25, 0.3) is 0 Å². The molecule has 1 aromatic rings. The zero-order chi connectivity index (χ0) is 9.54. The normalized spacial score (nSPS) is 21.5. The Hall–Kier alpha value is -0.310. The zero-order valence-corrected chi connectivity index (χ0v) is 9.83. The van der Waals surface area contributed by atoms with Gasteiger partial charge in [0.2, 0.25) is 0 Å². The number of aromatic nitrogens is 2. The van der Waals surface area contributed by atoms with Gasteiger partial charge < -0.3 is 0 Å². The van der Waals surface area contributed by atoms with Crippen molar-refractivity contribution in [2.45, 2.75) is 44.1 Å². The van der Waals surface area contributed by atoms with Crippen LogP contribution in [0.15, 0.2) is 6.07 Å². The first-order chi connectivity index (χ1) is 6.88. The maximum absolute atomic E-state index is 4.71. The Bertz CT molecular complexity index is 337. The third-order valence-corrected chi connectivity index (χ3v) is 3.47. The summed E-state index contributed by atoms with van der Waals surface area (Å²) in [7, 11) is 0. The lowest BCUT2D eigenvalue weighted by atomic mass is 10.2. The maximum Gasteiger partial charge on any atom is 0.0658 e. The van der Waals surface area contributed by atoms with E-state index in [9.17, 15) is 0 Å². The van der Waals surface area contributed by atoms with E-state index in [0.717, 1.165) is 23.7 Å². The Morgan fingerprint density at radius 2 is 2.00 bits per heavy atom. The van der Waals surface area contributed by atoms with Crippen molar-refractivity contribution in [3.63, 3.8) is 0 Å². The molecule has 0 unspecified atom stereocenters. The molecule has 0 saturated heterocycles. The minimum Gasteiger partial charge on any atom is -0.268 e. The van der Waals surface area contributed by atoms with Gasteiger partial charge in [-0.05, 0) is 31.7 Å². The lowest BCUT2D eigenvalue weighted by Gasteiger charge is -2.02. The number of alkyl halides is 1. The summed E-state index contributed by atoms with van der Waals surface area (Å²) in [6.45, 7) is 1.03. The molecule has 0 spiro atoms. The third-order valence-electron chi connectivity index (χ3n) is 3.12. The highest BCUT2D eigenvalue weighted by molar-refractivity contribution is 9.09. The van der Waals surface area contributed by atoms with E-state index in [1.54, 1.807) is 0 Å². The fourth-order valence-corrected chi connectivity index (χ4v) is 2.33. The average molecular weight is 255 g/mol. The third kappa shape index (κ3) is 1.62. The van der Waals surface area contributed by atoms with Crippen LogP contribution >= 0.6 is 15.9 Å². The predicted octanol–water partition coefficient (Wildman–Crippen LogP) is 3.03. The van der Waals surface area contributed by atoms with Crippen LogP contribution in [0.25, 0.3) is 0 Å². The average Bonchev–Trinajstić information content (AvgIpc) is 3.07. The number of hydrogen-bond donors (Lipinski definition) is 0. The Balaban J connectivity index is 1.89. The molecule has 0 amide bonds. The standard InChI is InChI=1S/C11H15BrN2/c12-5-6-14-11(9-3-4-9)7-10(13-14)8-1-2-8/h7-9H,1-6H2. The van der Waals surface area contributed by atoms with E-state index in [4.69, 9.17) is 5.10 Å². The maximum atomic E-state index is 4.71. The van der Waals surface area contributed by atoms with Gasteiger partial charge >= 0.3 is 0 Å². The summed E-state index contributed by atoms with van der Waals surface area (Å²) in [5.41, 5.74) is 2.85. The van der Waals surface area contributed by atoms with Crippen LogP contribution < -0.4 is 0 Å². The summed E-state index contributed by atoms with van der Waals surface area (Å²) in [6.07, 6.45) is 5.46. The Morgan fingerprint density at radius 1 is 1.29 bits per heavy atom. The molecule has 0 aromatic carbocycles. The van der Waals surface area contributed by atoms with Crippen molar-refractivity contribution in [2.75, 3.05) is 5.33 Å². The Kier molecular flexibility index (Phi) is 2.15. The monoisotopic (exact) mass is 254 g/mol. The molecule has 1 aromatic heterocycles. The zero-order valence-electron chi connectivity index (χ0n) is 8.25. The molecule has 0 N–H and O–H groups in total. The van der Waals surface area contributed by atoms with Gasteiger partial charge in [-0.15, -0.1) is 0 Å². The SMILES string of the molecule is BrCCn1nc(C2CC2)cc1C1CC1. The smallest absolute Gasteiger partial charge is 0.0658 e. The summed E-state index contributed by atoms with van der Waals surface area (Å²) >= 11 is 3.49. The van der Waals surface area contributed by atoms with Crippen LogP contribution in [0.1, 0.15) is 48.9 Å². The van der Waals surface area contributed by atoms with Crippen molar-refractivity contribution in [3.05, 3.63) is 17.5 Å². The largest absolute Gasteiger partial charge is 0.268 e. The predicted molar refractivity (Wildman–Crippen MR) is 60.0 cm³/mol. The van der Waals surface area contributed by atoms with Crippen LogP contribution in [-0.2, 0) is 6.54 Å². The van der Waals surface area contributed by atoms with E-state index in [2.05, 4.69) is 26.7 Å². The van der Waals surface area contributed by atoms with E-state index in [0.29, 0.717) is 0 Å².